The zero-order valence-electron chi connectivity index (χ0n) is 13.5. The third kappa shape index (κ3) is 2.09. The van der Waals surface area contributed by atoms with E-state index >= 15 is 0 Å². The molecule has 2 aromatic rings. The van der Waals surface area contributed by atoms with Gasteiger partial charge in [0.1, 0.15) is 5.82 Å². The van der Waals surface area contributed by atoms with Gasteiger partial charge in [0.2, 0.25) is 0 Å². The summed E-state index contributed by atoms with van der Waals surface area (Å²) in [7, 11) is 0. The standard InChI is InChI=1S/C20H21FN2O/c21-17-3-1-2-14-8-15-10-22-11-23(15)18(20(14)17)9-19(24)16-7-12-4-5-13(16)6-12/h1-5,10-13,16,18-19,24H,6-9H2. The van der Waals surface area contributed by atoms with E-state index in [1.165, 1.54) is 12.5 Å². The maximum absolute atomic E-state index is 14.6. The molecule has 5 unspecified atom stereocenters. The number of imidazole rings is 1. The highest BCUT2D eigenvalue weighted by Crippen LogP contribution is 2.47. The van der Waals surface area contributed by atoms with Crippen molar-refractivity contribution in [2.75, 3.05) is 0 Å². The summed E-state index contributed by atoms with van der Waals surface area (Å²) in [5.41, 5.74) is 2.85. The molecule has 1 N–H and O–H groups in total. The Hall–Kier alpha value is -1.94. The van der Waals surface area contributed by atoms with Crippen LogP contribution in [0.4, 0.5) is 4.39 Å². The van der Waals surface area contributed by atoms with Crippen LogP contribution in [-0.4, -0.2) is 20.8 Å². The Morgan fingerprint density at radius 2 is 2.21 bits per heavy atom. The van der Waals surface area contributed by atoms with Gasteiger partial charge >= 0.3 is 0 Å². The highest BCUT2D eigenvalue weighted by molar-refractivity contribution is 5.38. The smallest absolute Gasteiger partial charge is 0.128 e. The van der Waals surface area contributed by atoms with Gasteiger partial charge in [-0.05, 0) is 48.6 Å². The quantitative estimate of drug-likeness (QED) is 0.878. The summed E-state index contributed by atoms with van der Waals surface area (Å²) >= 11 is 0. The summed E-state index contributed by atoms with van der Waals surface area (Å²) in [6.07, 6.45) is 11.3. The van der Waals surface area contributed by atoms with E-state index in [0.717, 1.165) is 23.2 Å². The second kappa shape index (κ2) is 5.28. The SMILES string of the molecule is OC(CC1c2c(F)cccc2Cc2cncn21)C1CC2C=CC1C2. The number of hydrogen-bond donors (Lipinski definition) is 1. The minimum absolute atomic E-state index is 0.162. The van der Waals surface area contributed by atoms with Crippen molar-refractivity contribution in [1.29, 1.82) is 0 Å². The van der Waals surface area contributed by atoms with Crippen molar-refractivity contribution >= 4 is 0 Å². The molecule has 1 saturated carbocycles. The summed E-state index contributed by atoms with van der Waals surface area (Å²) in [5, 5.41) is 10.9. The molecule has 124 valence electrons. The molecule has 5 rings (SSSR count). The maximum atomic E-state index is 14.6. The van der Waals surface area contributed by atoms with Crippen LogP contribution in [-0.2, 0) is 6.42 Å². The fourth-order valence-corrected chi connectivity index (χ4v) is 5.09. The molecular weight excluding hydrogens is 303 g/mol. The lowest BCUT2D eigenvalue weighted by atomic mass is 9.82. The monoisotopic (exact) mass is 324 g/mol. The first-order valence-corrected chi connectivity index (χ1v) is 8.85. The van der Waals surface area contributed by atoms with Crippen molar-refractivity contribution in [3.63, 3.8) is 0 Å². The van der Waals surface area contributed by atoms with Crippen LogP contribution in [0.15, 0.2) is 42.9 Å². The predicted molar refractivity (Wildman–Crippen MR) is 89.0 cm³/mol. The second-order valence-corrected chi connectivity index (χ2v) is 7.54. The Kier molecular flexibility index (Phi) is 3.17. The molecule has 0 amide bonds. The van der Waals surface area contributed by atoms with Gasteiger partial charge in [0.05, 0.1) is 18.5 Å². The van der Waals surface area contributed by atoms with Gasteiger partial charge in [-0.3, -0.25) is 0 Å². The van der Waals surface area contributed by atoms with E-state index in [-0.39, 0.29) is 11.9 Å². The van der Waals surface area contributed by atoms with Crippen LogP contribution >= 0.6 is 0 Å². The summed E-state index contributed by atoms with van der Waals surface area (Å²) < 4.78 is 16.6. The zero-order valence-corrected chi connectivity index (χ0v) is 13.5. The second-order valence-electron chi connectivity index (χ2n) is 7.54. The van der Waals surface area contributed by atoms with E-state index in [0.29, 0.717) is 30.6 Å². The number of aliphatic hydroxyl groups is 1. The van der Waals surface area contributed by atoms with E-state index in [2.05, 4.69) is 21.7 Å². The number of benzene rings is 1. The molecule has 4 heteroatoms. The molecular formula is C20H21FN2O. The van der Waals surface area contributed by atoms with Gasteiger partial charge in [-0.1, -0.05) is 24.3 Å². The molecule has 3 aliphatic rings. The normalized spacial score (nSPS) is 31.1. The summed E-state index contributed by atoms with van der Waals surface area (Å²) in [6, 6.07) is 5.13. The van der Waals surface area contributed by atoms with E-state index in [1.54, 1.807) is 12.4 Å². The maximum Gasteiger partial charge on any atom is 0.128 e. The molecule has 2 bridgehead atoms. The number of allylic oxidation sites excluding steroid dienone is 2. The largest absolute Gasteiger partial charge is 0.393 e. The molecule has 0 spiro atoms. The Labute approximate surface area is 140 Å². The minimum atomic E-state index is -0.407. The average molecular weight is 324 g/mol. The van der Waals surface area contributed by atoms with Crippen LogP contribution in [0.3, 0.4) is 0 Å². The van der Waals surface area contributed by atoms with Crippen LogP contribution in [0, 0.1) is 23.6 Å². The third-order valence-corrected chi connectivity index (χ3v) is 6.22. The minimum Gasteiger partial charge on any atom is -0.393 e. The molecule has 1 aromatic carbocycles. The van der Waals surface area contributed by atoms with Gasteiger partial charge in [-0.25, -0.2) is 9.37 Å². The zero-order chi connectivity index (χ0) is 16.3. The number of halogens is 1. The lowest BCUT2D eigenvalue weighted by Gasteiger charge is -2.33. The predicted octanol–water partition coefficient (Wildman–Crippen LogP) is 3.48. The number of aliphatic hydroxyl groups excluding tert-OH is 1. The van der Waals surface area contributed by atoms with Crippen molar-refractivity contribution in [1.82, 2.24) is 9.55 Å². The van der Waals surface area contributed by atoms with Crippen molar-refractivity contribution in [2.45, 2.75) is 37.8 Å². The summed E-state index contributed by atoms with van der Waals surface area (Å²) in [5.74, 6) is 1.27. The van der Waals surface area contributed by atoms with Gasteiger partial charge in [0, 0.05) is 23.9 Å². The van der Waals surface area contributed by atoms with E-state index < -0.39 is 6.10 Å². The summed E-state index contributed by atoms with van der Waals surface area (Å²) in [4.78, 5) is 4.26. The molecule has 1 fully saturated rings. The molecule has 2 aliphatic carbocycles. The van der Waals surface area contributed by atoms with Crippen LogP contribution < -0.4 is 0 Å². The number of rotatable bonds is 3. The molecule has 0 radical (unpaired) electrons. The van der Waals surface area contributed by atoms with Gasteiger partial charge in [0.15, 0.2) is 0 Å². The first-order chi connectivity index (χ1) is 11.7. The summed E-state index contributed by atoms with van der Waals surface area (Å²) in [6.45, 7) is 0. The molecule has 1 aliphatic heterocycles. The van der Waals surface area contributed by atoms with Gasteiger partial charge in [-0.15, -0.1) is 0 Å². The molecule has 24 heavy (non-hydrogen) atoms. The lowest BCUT2D eigenvalue weighted by molar-refractivity contribution is 0.0740. The van der Waals surface area contributed by atoms with Gasteiger partial charge in [0.25, 0.3) is 0 Å². The van der Waals surface area contributed by atoms with Crippen LogP contribution in [0.1, 0.15) is 42.1 Å². The number of aromatic nitrogens is 2. The topological polar surface area (TPSA) is 38.1 Å². The van der Waals surface area contributed by atoms with E-state index in [4.69, 9.17) is 0 Å². The molecule has 2 heterocycles. The Bertz CT molecular complexity index is 812. The van der Waals surface area contributed by atoms with Crippen molar-refractivity contribution in [3.8, 4) is 0 Å². The fourth-order valence-electron chi connectivity index (χ4n) is 5.09. The van der Waals surface area contributed by atoms with Crippen LogP contribution in [0.25, 0.3) is 0 Å². The fraction of sp³-hybridized carbons (Fsp3) is 0.450. The highest BCUT2D eigenvalue weighted by atomic mass is 19.1. The highest BCUT2D eigenvalue weighted by Gasteiger charge is 2.41. The van der Waals surface area contributed by atoms with Gasteiger partial charge in [-0.2, -0.15) is 0 Å². The third-order valence-electron chi connectivity index (χ3n) is 6.22. The number of nitrogens with zero attached hydrogens (tertiary/aromatic N) is 2. The molecule has 5 atom stereocenters. The lowest BCUT2D eigenvalue weighted by Crippen LogP contribution is -2.30. The van der Waals surface area contributed by atoms with Crippen molar-refractivity contribution in [3.05, 3.63) is 65.5 Å². The van der Waals surface area contributed by atoms with Gasteiger partial charge < -0.3 is 9.67 Å². The van der Waals surface area contributed by atoms with Crippen molar-refractivity contribution in [2.24, 2.45) is 17.8 Å². The average Bonchev–Trinajstić information content (AvgIpc) is 3.30. The first kappa shape index (κ1) is 14.4. The van der Waals surface area contributed by atoms with Crippen LogP contribution in [0.2, 0.25) is 0 Å². The van der Waals surface area contributed by atoms with Crippen molar-refractivity contribution < 1.29 is 9.50 Å². The Morgan fingerprint density at radius 3 is 3.00 bits per heavy atom. The number of hydrogen-bond acceptors (Lipinski definition) is 2. The van der Waals surface area contributed by atoms with E-state index in [9.17, 15) is 9.50 Å². The van der Waals surface area contributed by atoms with E-state index in [1.807, 2.05) is 12.3 Å². The Balaban J connectivity index is 1.49. The first-order valence-electron chi connectivity index (χ1n) is 8.85. The molecule has 3 nitrogen and oxygen atoms in total. The molecule has 0 saturated heterocycles. The Morgan fingerprint density at radius 1 is 1.29 bits per heavy atom. The number of fused-ring (bicyclic) bond motifs is 4. The van der Waals surface area contributed by atoms with Crippen LogP contribution in [0.5, 0.6) is 0 Å². The molecule has 1 aromatic heterocycles.